The van der Waals surface area contributed by atoms with E-state index in [9.17, 15) is 20.1 Å². The SMILES string of the molecule is CC(C)(O)c1cc(O)ccc1CCC(SCC1(CC(=O)O)CC1)c1cccc(C=Cc2ccc3ccc(Cl)cc3n2)c1. The molecule has 1 unspecified atom stereocenters. The number of phenolic OH excluding ortho intramolecular Hbond substituents is 1. The lowest BCUT2D eigenvalue weighted by molar-refractivity contribution is -0.138. The Hall–Kier alpha value is -3.32. The van der Waals surface area contributed by atoms with Crippen LogP contribution >= 0.6 is 23.4 Å². The number of halogens is 1. The van der Waals surface area contributed by atoms with Crippen LogP contribution in [0.1, 0.15) is 72.7 Å². The number of hydrogen-bond acceptors (Lipinski definition) is 5. The summed E-state index contributed by atoms with van der Waals surface area (Å²) in [4.78, 5) is 16.2. The molecule has 3 N–H and O–H groups in total. The van der Waals surface area contributed by atoms with Gasteiger partial charge < -0.3 is 15.3 Å². The second-order valence-corrected chi connectivity index (χ2v) is 13.5. The molecular weight excluding hydrogens is 566 g/mol. The van der Waals surface area contributed by atoms with Gasteiger partial charge in [0.15, 0.2) is 0 Å². The van der Waals surface area contributed by atoms with Crippen LogP contribution < -0.4 is 0 Å². The van der Waals surface area contributed by atoms with Gasteiger partial charge in [0, 0.05) is 21.4 Å². The van der Waals surface area contributed by atoms with Gasteiger partial charge in [-0.15, -0.1) is 0 Å². The number of carbonyl (C=O) groups is 1. The second-order valence-electron chi connectivity index (χ2n) is 11.9. The monoisotopic (exact) mass is 601 g/mol. The first-order chi connectivity index (χ1) is 20.0. The first-order valence-electron chi connectivity index (χ1n) is 14.2. The number of phenols is 1. The fourth-order valence-corrected chi connectivity index (χ4v) is 7.11. The van der Waals surface area contributed by atoms with Crippen LogP contribution in [0.25, 0.3) is 23.1 Å². The Kier molecular flexibility index (Phi) is 8.97. The van der Waals surface area contributed by atoms with Crippen LogP contribution in [0.15, 0.2) is 72.8 Å². The lowest BCUT2D eigenvalue weighted by Crippen LogP contribution is -2.18. The quantitative estimate of drug-likeness (QED) is 0.150. The molecule has 4 aromatic rings. The highest BCUT2D eigenvalue weighted by molar-refractivity contribution is 7.99. The fraction of sp³-hybridized carbons (Fsp3) is 0.314. The molecule has 3 aromatic carbocycles. The maximum Gasteiger partial charge on any atom is 0.303 e. The van der Waals surface area contributed by atoms with Crippen molar-refractivity contribution in [2.24, 2.45) is 5.41 Å². The topological polar surface area (TPSA) is 90.7 Å². The fourth-order valence-electron chi connectivity index (χ4n) is 5.38. The van der Waals surface area contributed by atoms with Gasteiger partial charge in [0.2, 0.25) is 0 Å². The zero-order valence-electron chi connectivity index (χ0n) is 23.9. The first-order valence-corrected chi connectivity index (χ1v) is 15.6. The number of pyridine rings is 1. The standard InChI is InChI=1S/C35H36ClNO4S/c1-34(2,41)30-20-29(38)14-9-24(30)10-15-32(42-22-35(16-17-35)21-33(39)40)26-5-3-4-23(18-26)6-12-28-13-8-25-7-11-27(36)19-31(25)37-28/h3-9,11-14,18-20,32,38,41H,10,15-17,21-22H2,1-2H3,(H,39,40). The number of aromatic nitrogens is 1. The lowest BCUT2D eigenvalue weighted by Gasteiger charge is -2.24. The van der Waals surface area contributed by atoms with Crippen LogP contribution in [0.5, 0.6) is 5.75 Å². The Morgan fingerprint density at radius 2 is 1.86 bits per heavy atom. The van der Waals surface area contributed by atoms with Crippen LogP contribution in [0, 0.1) is 5.41 Å². The summed E-state index contributed by atoms with van der Waals surface area (Å²) in [7, 11) is 0. The average Bonchev–Trinajstić information content (AvgIpc) is 3.70. The molecule has 7 heteroatoms. The van der Waals surface area contributed by atoms with Crippen molar-refractivity contribution in [2.75, 3.05) is 5.75 Å². The Morgan fingerprint density at radius 1 is 1.07 bits per heavy atom. The normalized spacial score (nSPS) is 15.2. The number of thioether (sulfide) groups is 1. The van der Waals surface area contributed by atoms with Crippen molar-refractivity contribution in [3.8, 4) is 5.75 Å². The zero-order valence-corrected chi connectivity index (χ0v) is 25.5. The van der Waals surface area contributed by atoms with Gasteiger partial charge in [-0.3, -0.25) is 4.79 Å². The summed E-state index contributed by atoms with van der Waals surface area (Å²) >= 11 is 7.99. The molecule has 1 aliphatic carbocycles. The summed E-state index contributed by atoms with van der Waals surface area (Å²) in [6.45, 7) is 3.46. The van der Waals surface area contributed by atoms with E-state index in [4.69, 9.17) is 16.6 Å². The molecule has 1 aliphatic rings. The predicted octanol–water partition coefficient (Wildman–Crippen LogP) is 8.65. The molecule has 218 valence electrons. The highest BCUT2D eigenvalue weighted by Gasteiger charge is 2.44. The zero-order chi connectivity index (χ0) is 29.9. The number of nitrogens with zero attached hydrogens (tertiary/aromatic N) is 1. The van der Waals surface area contributed by atoms with E-state index < -0.39 is 11.6 Å². The second kappa shape index (κ2) is 12.5. The minimum absolute atomic E-state index is 0.117. The summed E-state index contributed by atoms with van der Waals surface area (Å²) < 4.78 is 0. The maximum atomic E-state index is 11.5. The van der Waals surface area contributed by atoms with Crippen LogP contribution in [-0.2, 0) is 16.8 Å². The number of aliphatic carboxylic acids is 1. The van der Waals surface area contributed by atoms with E-state index >= 15 is 0 Å². The minimum Gasteiger partial charge on any atom is -0.508 e. The van der Waals surface area contributed by atoms with Crippen molar-refractivity contribution < 1.29 is 20.1 Å². The third kappa shape index (κ3) is 7.74. The summed E-state index contributed by atoms with van der Waals surface area (Å²) in [6.07, 6.45) is 7.69. The van der Waals surface area contributed by atoms with Gasteiger partial charge in [-0.05, 0) is 104 Å². The van der Waals surface area contributed by atoms with Crippen molar-refractivity contribution in [3.05, 3.63) is 106 Å². The van der Waals surface area contributed by atoms with E-state index in [0.29, 0.717) is 11.4 Å². The summed E-state index contributed by atoms with van der Waals surface area (Å²) in [5.74, 6) is 0.191. The molecule has 1 fully saturated rings. The molecule has 1 atom stereocenters. The summed E-state index contributed by atoms with van der Waals surface area (Å²) in [6, 6.07) is 23.4. The Bertz CT molecular complexity index is 1620. The van der Waals surface area contributed by atoms with Gasteiger partial charge in [0.05, 0.1) is 23.2 Å². The number of aryl methyl sites for hydroxylation is 1. The third-order valence-corrected chi connectivity index (χ3v) is 9.83. The first kappa shape index (κ1) is 30.1. The van der Waals surface area contributed by atoms with Crippen molar-refractivity contribution in [1.82, 2.24) is 4.98 Å². The highest BCUT2D eigenvalue weighted by Crippen LogP contribution is 2.53. The molecule has 0 bridgehead atoms. The van der Waals surface area contributed by atoms with E-state index in [-0.39, 0.29) is 22.8 Å². The maximum absolute atomic E-state index is 11.5. The van der Waals surface area contributed by atoms with Crippen LogP contribution in [0.2, 0.25) is 5.02 Å². The molecule has 1 saturated carbocycles. The predicted molar refractivity (Wildman–Crippen MR) is 173 cm³/mol. The van der Waals surface area contributed by atoms with E-state index in [1.54, 1.807) is 26.0 Å². The van der Waals surface area contributed by atoms with E-state index in [2.05, 4.69) is 30.3 Å². The van der Waals surface area contributed by atoms with Crippen LogP contribution in [0.4, 0.5) is 0 Å². The van der Waals surface area contributed by atoms with Gasteiger partial charge in [0.25, 0.3) is 0 Å². The molecule has 42 heavy (non-hydrogen) atoms. The molecule has 5 nitrogen and oxygen atoms in total. The summed E-state index contributed by atoms with van der Waals surface area (Å²) in [5, 5.41) is 32.1. The molecule has 0 spiro atoms. The number of rotatable bonds is 12. The number of benzene rings is 3. The highest BCUT2D eigenvalue weighted by atomic mass is 35.5. The minimum atomic E-state index is -1.08. The average molecular weight is 602 g/mol. The van der Waals surface area contributed by atoms with Crippen molar-refractivity contribution in [3.63, 3.8) is 0 Å². The summed E-state index contributed by atoms with van der Waals surface area (Å²) in [5.41, 5.74) is 4.45. The number of fused-ring (bicyclic) bond motifs is 1. The molecule has 1 heterocycles. The number of carboxylic acids is 1. The largest absolute Gasteiger partial charge is 0.508 e. The number of aromatic hydroxyl groups is 1. The number of aliphatic hydroxyl groups is 1. The van der Waals surface area contributed by atoms with Gasteiger partial charge in [-0.25, -0.2) is 4.98 Å². The third-order valence-electron chi connectivity index (χ3n) is 7.91. The van der Waals surface area contributed by atoms with E-state index in [1.807, 2.05) is 54.2 Å². The molecule has 0 saturated heterocycles. The lowest BCUT2D eigenvalue weighted by atomic mass is 9.90. The Morgan fingerprint density at radius 3 is 2.60 bits per heavy atom. The van der Waals surface area contributed by atoms with Crippen molar-refractivity contribution in [2.45, 2.75) is 56.8 Å². The van der Waals surface area contributed by atoms with Gasteiger partial charge >= 0.3 is 5.97 Å². The van der Waals surface area contributed by atoms with E-state index in [0.717, 1.165) is 58.3 Å². The van der Waals surface area contributed by atoms with Crippen LogP contribution in [0.3, 0.4) is 0 Å². The Labute approximate surface area is 256 Å². The van der Waals surface area contributed by atoms with E-state index in [1.165, 1.54) is 5.56 Å². The number of carboxylic acid groups (broad SMARTS) is 1. The molecule has 1 aromatic heterocycles. The molecule has 0 radical (unpaired) electrons. The van der Waals surface area contributed by atoms with Gasteiger partial charge in [-0.2, -0.15) is 11.8 Å². The van der Waals surface area contributed by atoms with Crippen molar-refractivity contribution >= 4 is 52.4 Å². The van der Waals surface area contributed by atoms with Crippen molar-refractivity contribution in [1.29, 1.82) is 0 Å². The smallest absolute Gasteiger partial charge is 0.303 e. The number of hydrogen-bond donors (Lipinski definition) is 3. The van der Waals surface area contributed by atoms with Gasteiger partial charge in [0.1, 0.15) is 5.75 Å². The molecule has 0 amide bonds. The Balaban J connectivity index is 1.38. The molecule has 5 rings (SSSR count). The molecule has 0 aliphatic heterocycles. The molecular formula is C35H36ClNO4S. The van der Waals surface area contributed by atoms with Crippen LogP contribution in [-0.4, -0.2) is 32.0 Å². The van der Waals surface area contributed by atoms with Gasteiger partial charge in [-0.1, -0.05) is 60.1 Å².